The Bertz CT molecular complexity index is 554. The highest BCUT2D eigenvalue weighted by Gasteiger charge is 2.29. The Morgan fingerprint density at radius 2 is 2.05 bits per heavy atom. The minimum absolute atomic E-state index is 0.0726. The summed E-state index contributed by atoms with van der Waals surface area (Å²) in [6.07, 6.45) is 0.0726. The smallest absolute Gasteiger partial charge is 0.262 e. The number of carbonyl (C=O) groups is 2. The summed E-state index contributed by atoms with van der Waals surface area (Å²) in [5.41, 5.74) is 7.19. The molecule has 20 heavy (non-hydrogen) atoms. The molecule has 1 aromatic rings. The zero-order valence-corrected chi connectivity index (χ0v) is 12.1. The van der Waals surface area contributed by atoms with Gasteiger partial charge in [-0.3, -0.25) is 9.59 Å². The van der Waals surface area contributed by atoms with Crippen LogP contribution in [0.1, 0.15) is 6.42 Å². The van der Waals surface area contributed by atoms with Crippen LogP contribution in [0.3, 0.4) is 0 Å². The Balaban J connectivity index is 1.90. The van der Waals surface area contributed by atoms with E-state index in [-0.39, 0.29) is 23.4 Å². The average Bonchev–Trinajstić information content (AvgIpc) is 2.68. The van der Waals surface area contributed by atoms with E-state index in [1.165, 1.54) is 0 Å². The van der Waals surface area contributed by atoms with Crippen LogP contribution in [-0.4, -0.2) is 36.3 Å². The van der Waals surface area contributed by atoms with Gasteiger partial charge in [0.2, 0.25) is 5.91 Å². The SMILES string of the molecule is CN(C)c1ccc(NC(=O)CC2SC(N)=NC2=O)cc1. The third-order valence-corrected chi connectivity index (χ3v) is 3.78. The van der Waals surface area contributed by atoms with Gasteiger partial charge in [0.1, 0.15) is 5.25 Å². The number of rotatable bonds is 4. The zero-order chi connectivity index (χ0) is 14.7. The number of benzene rings is 1. The molecule has 2 amide bonds. The fourth-order valence-corrected chi connectivity index (χ4v) is 2.58. The summed E-state index contributed by atoms with van der Waals surface area (Å²) < 4.78 is 0. The van der Waals surface area contributed by atoms with Crippen LogP contribution in [0, 0.1) is 0 Å². The monoisotopic (exact) mass is 292 g/mol. The van der Waals surface area contributed by atoms with E-state index < -0.39 is 5.25 Å². The molecule has 1 heterocycles. The molecule has 0 saturated heterocycles. The van der Waals surface area contributed by atoms with Crippen molar-refractivity contribution in [2.45, 2.75) is 11.7 Å². The maximum absolute atomic E-state index is 11.9. The lowest BCUT2D eigenvalue weighted by molar-refractivity contribution is -0.121. The van der Waals surface area contributed by atoms with Gasteiger partial charge in [0.15, 0.2) is 5.17 Å². The molecule has 0 radical (unpaired) electrons. The van der Waals surface area contributed by atoms with E-state index in [0.717, 1.165) is 17.4 Å². The van der Waals surface area contributed by atoms with Crippen LogP contribution in [0.5, 0.6) is 0 Å². The molecule has 1 aliphatic rings. The van der Waals surface area contributed by atoms with Crippen molar-refractivity contribution in [3.63, 3.8) is 0 Å². The van der Waals surface area contributed by atoms with Gasteiger partial charge in [-0.15, -0.1) is 0 Å². The van der Waals surface area contributed by atoms with Gasteiger partial charge in [0.05, 0.1) is 0 Å². The van der Waals surface area contributed by atoms with Crippen LogP contribution in [0.2, 0.25) is 0 Å². The van der Waals surface area contributed by atoms with Crippen LogP contribution in [0.4, 0.5) is 11.4 Å². The molecule has 0 aromatic heterocycles. The first-order valence-electron chi connectivity index (χ1n) is 6.07. The largest absolute Gasteiger partial charge is 0.378 e. The standard InChI is InChI=1S/C13H16N4O2S/c1-17(2)9-5-3-8(4-6-9)15-11(18)7-10-12(19)16-13(14)20-10/h3-6,10H,7H2,1-2H3,(H,15,18)(H2,14,16,19). The first-order chi connectivity index (χ1) is 9.45. The molecule has 0 saturated carbocycles. The van der Waals surface area contributed by atoms with Gasteiger partial charge < -0.3 is 16.0 Å². The Labute approximate surface area is 121 Å². The number of anilines is 2. The number of aliphatic imine (C=N–C) groups is 1. The van der Waals surface area contributed by atoms with Crippen LogP contribution >= 0.6 is 11.8 Å². The summed E-state index contributed by atoms with van der Waals surface area (Å²) in [7, 11) is 3.89. The highest BCUT2D eigenvalue weighted by molar-refractivity contribution is 8.15. The quantitative estimate of drug-likeness (QED) is 0.865. The molecule has 2 rings (SSSR count). The first kappa shape index (κ1) is 14.4. The Hall–Kier alpha value is -2.02. The molecule has 1 aromatic carbocycles. The number of nitrogens with two attached hydrogens (primary N) is 1. The summed E-state index contributed by atoms with van der Waals surface area (Å²) >= 11 is 1.13. The van der Waals surface area contributed by atoms with Gasteiger partial charge in [-0.1, -0.05) is 11.8 Å². The Kier molecular flexibility index (Phi) is 4.29. The lowest BCUT2D eigenvalue weighted by Crippen LogP contribution is -2.21. The van der Waals surface area contributed by atoms with Crippen molar-refractivity contribution in [3.05, 3.63) is 24.3 Å². The molecule has 3 N–H and O–H groups in total. The summed E-state index contributed by atoms with van der Waals surface area (Å²) in [6.45, 7) is 0. The van der Waals surface area contributed by atoms with E-state index >= 15 is 0 Å². The second-order valence-electron chi connectivity index (χ2n) is 4.59. The zero-order valence-electron chi connectivity index (χ0n) is 11.3. The van der Waals surface area contributed by atoms with Gasteiger partial charge in [0, 0.05) is 31.9 Å². The number of amides is 2. The number of hydrogen-bond acceptors (Lipinski definition) is 5. The predicted molar refractivity (Wildman–Crippen MR) is 82.0 cm³/mol. The molecular weight excluding hydrogens is 276 g/mol. The molecular formula is C13H16N4O2S. The summed E-state index contributed by atoms with van der Waals surface area (Å²) in [6, 6.07) is 7.46. The van der Waals surface area contributed by atoms with Crippen LogP contribution in [0.15, 0.2) is 29.3 Å². The Morgan fingerprint density at radius 3 is 2.55 bits per heavy atom. The molecule has 0 aliphatic carbocycles. The van der Waals surface area contributed by atoms with Crippen LogP contribution in [0.25, 0.3) is 0 Å². The minimum atomic E-state index is -0.504. The minimum Gasteiger partial charge on any atom is -0.378 e. The lowest BCUT2D eigenvalue weighted by Gasteiger charge is -2.13. The van der Waals surface area contributed by atoms with Gasteiger partial charge in [-0.25, -0.2) is 0 Å². The summed E-state index contributed by atoms with van der Waals surface area (Å²) in [5, 5.41) is 2.48. The molecule has 1 aliphatic heterocycles. The fraction of sp³-hybridized carbons (Fsp3) is 0.308. The summed E-state index contributed by atoms with van der Waals surface area (Å²) in [5.74, 6) is -0.566. The van der Waals surface area contributed by atoms with E-state index in [9.17, 15) is 9.59 Å². The van der Waals surface area contributed by atoms with Gasteiger partial charge in [0.25, 0.3) is 5.91 Å². The molecule has 106 valence electrons. The third kappa shape index (κ3) is 3.51. The second kappa shape index (κ2) is 5.96. The van der Waals surface area contributed by atoms with E-state index in [2.05, 4.69) is 10.3 Å². The van der Waals surface area contributed by atoms with Crippen molar-refractivity contribution in [1.82, 2.24) is 0 Å². The highest BCUT2D eigenvalue weighted by Crippen LogP contribution is 2.23. The number of nitrogens with zero attached hydrogens (tertiary/aromatic N) is 2. The molecule has 1 atom stereocenters. The third-order valence-electron chi connectivity index (χ3n) is 2.80. The lowest BCUT2D eigenvalue weighted by atomic mass is 10.2. The number of thioether (sulfide) groups is 1. The summed E-state index contributed by atoms with van der Waals surface area (Å²) in [4.78, 5) is 28.8. The van der Waals surface area contributed by atoms with Crippen LogP contribution < -0.4 is 16.0 Å². The number of nitrogens with one attached hydrogen (secondary N) is 1. The number of hydrogen-bond donors (Lipinski definition) is 2. The van der Waals surface area contributed by atoms with Gasteiger partial charge in [-0.05, 0) is 24.3 Å². The molecule has 0 fully saturated rings. The maximum atomic E-state index is 11.9. The van der Waals surface area contributed by atoms with E-state index in [1.807, 2.05) is 43.3 Å². The average molecular weight is 292 g/mol. The predicted octanol–water partition coefficient (Wildman–Crippen LogP) is 1.04. The molecule has 0 bridgehead atoms. The van der Waals surface area contributed by atoms with Crippen molar-refractivity contribution in [1.29, 1.82) is 0 Å². The van der Waals surface area contributed by atoms with E-state index in [0.29, 0.717) is 5.69 Å². The van der Waals surface area contributed by atoms with Gasteiger partial charge >= 0.3 is 0 Å². The van der Waals surface area contributed by atoms with Crippen molar-refractivity contribution in [2.24, 2.45) is 10.7 Å². The van der Waals surface area contributed by atoms with Crippen LogP contribution in [-0.2, 0) is 9.59 Å². The van der Waals surface area contributed by atoms with Gasteiger partial charge in [-0.2, -0.15) is 4.99 Å². The normalized spacial score (nSPS) is 17.8. The fourth-order valence-electron chi connectivity index (χ4n) is 1.76. The van der Waals surface area contributed by atoms with E-state index in [1.54, 1.807) is 0 Å². The molecule has 0 spiro atoms. The molecule has 7 heteroatoms. The maximum Gasteiger partial charge on any atom is 0.262 e. The number of amidine groups is 1. The second-order valence-corrected chi connectivity index (χ2v) is 5.81. The topological polar surface area (TPSA) is 87.8 Å². The van der Waals surface area contributed by atoms with E-state index in [4.69, 9.17) is 5.73 Å². The Morgan fingerprint density at radius 1 is 1.40 bits per heavy atom. The molecule has 6 nitrogen and oxygen atoms in total. The van der Waals surface area contributed by atoms with Crippen molar-refractivity contribution < 1.29 is 9.59 Å². The van der Waals surface area contributed by atoms with Crippen molar-refractivity contribution in [3.8, 4) is 0 Å². The number of carbonyl (C=O) groups excluding carboxylic acids is 2. The van der Waals surface area contributed by atoms with Crippen molar-refractivity contribution in [2.75, 3.05) is 24.3 Å². The highest BCUT2D eigenvalue weighted by atomic mass is 32.2. The van der Waals surface area contributed by atoms with Crippen molar-refractivity contribution >= 4 is 40.1 Å². The molecule has 1 unspecified atom stereocenters. The first-order valence-corrected chi connectivity index (χ1v) is 6.95.